The average molecular weight is 313 g/mol. The molecular weight excluding hydrogens is 298 g/mol. The SMILES string of the molecule is CC(OC(=O)C1=NNC(=O)CC1)C(=O)c1c[nH]c2ccccc12. The molecule has 2 N–H and O–H groups in total. The Balaban J connectivity index is 1.73. The van der Waals surface area contributed by atoms with E-state index in [-0.39, 0.29) is 30.2 Å². The van der Waals surface area contributed by atoms with Gasteiger partial charge in [-0.2, -0.15) is 5.10 Å². The second-order valence-corrected chi connectivity index (χ2v) is 5.25. The van der Waals surface area contributed by atoms with Gasteiger partial charge in [0.25, 0.3) is 0 Å². The second kappa shape index (κ2) is 6.04. The molecule has 0 saturated heterocycles. The van der Waals surface area contributed by atoms with Crippen LogP contribution in [0.3, 0.4) is 0 Å². The molecule has 0 bridgehead atoms. The van der Waals surface area contributed by atoms with Crippen LogP contribution >= 0.6 is 0 Å². The van der Waals surface area contributed by atoms with Crippen LogP contribution in [-0.2, 0) is 14.3 Å². The summed E-state index contributed by atoms with van der Waals surface area (Å²) >= 11 is 0. The molecular formula is C16H15N3O4. The van der Waals surface area contributed by atoms with E-state index < -0.39 is 12.1 Å². The zero-order valence-electron chi connectivity index (χ0n) is 12.5. The normalized spacial score (nSPS) is 15.7. The molecule has 118 valence electrons. The fourth-order valence-corrected chi connectivity index (χ4v) is 2.40. The van der Waals surface area contributed by atoms with Crippen molar-refractivity contribution in [3.63, 3.8) is 0 Å². The molecule has 0 aliphatic carbocycles. The van der Waals surface area contributed by atoms with Crippen LogP contribution in [0.1, 0.15) is 30.1 Å². The number of rotatable bonds is 4. The molecule has 7 nitrogen and oxygen atoms in total. The van der Waals surface area contributed by atoms with E-state index in [0.29, 0.717) is 5.56 Å². The summed E-state index contributed by atoms with van der Waals surface area (Å²) in [6, 6.07) is 7.39. The van der Waals surface area contributed by atoms with Crippen LogP contribution in [0.25, 0.3) is 10.9 Å². The van der Waals surface area contributed by atoms with Gasteiger partial charge in [-0.3, -0.25) is 9.59 Å². The van der Waals surface area contributed by atoms with E-state index in [2.05, 4.69) is 15.5 Å². The predicted molar refractivity (Wildman–Crippen MR) is 83.0 cm³/mol. The summed E-state index contributed by atoms with van der Waals surface area (Å²) in [6.07, 6.45) is 1.05. The first-order valence-corrected chi connectivity index (χ1v) is 7.23. The van der Waals surface area contributed by atoms with Crippen LogP contribution in [-0.4, -0.2) is 34.5 Å². The lowest BCUT2D eigenvalue weighted by Gasteiger charge is -2.15. The lowest BCUT2D eigenvalue weighted by Crippen LogP contribution is -2.34. The van der Waals surface area contributed by atoms with Gasteiger partial charge in [-0.1, -0.05) is 18.2 Å². The number of nitrogens with zero attached hydrogens (tertiary/aromatic N) is 1. The van der Waals surface area contributed by atoms with Crippen molar-refractivity contribution in [1.82, 2.24) is 10.4 Å². The molecule has 1 aromatic carbocycles. The van der Waals surface area contributed by atoms with E-state index in [1.165, 1.54) is 6.92 Å². The molecule has 1 atom stereocenters. The molecule has 1 aliphatic heterocycles. The van der Waals surface area contributed by atoms with Gasteiger partial charge in [-0.25, -0.2) is 10.2 Å². The van der Waals surface area contributed by atoms with Crippen LogP contribution < -0.4 is 5.43 Å². The van der Waals surface area contributed by atoms with Gasteiger partial charge in [0.2, 0.25) is 11.7 Å². The van der Waals surface area contributed by atoms with E-state index in [1.54, 1.807) is 6.20 Å². The van der Waals surface area contributed by atoms with Gasteiger partial charge in [0, 0.05) is 35.5 Å². The van der Waals surface area contributed by atoms with Crippen molar-refractivity contribution >= 4 is 34.3 Å². The maximum atomic E-state index is 12.5. The number of hydrazone groups is 1. The number of benzene rings is 1. The number of hydrogen-bond acceptors (Lipinski definition) is 5. The van der Waals surface area contributed by atoms with Gasteiger partial charge in [0.05, 0.1) is 0 Å². The number of aromatic amines is 1. The van der Waals surface area contributed by atoms with Crippen molar-refractivity contribution in [1.29, 1.82) is 0 Å². The van der Waals surface area contributed by atoms with Crippen LogP contribution in [0, 0.1) is 0 Å². The molecule has 0 fully saturated rings. The van der Waals surface area contributed by atoms with Crippen molar-refractivity contribution in [2.24, 2.45) is 5.10 Å². The molecule has 1 amide bonds. The fourth-order valence-electron chi connectivity index (χ4n) is 2.40. The number of Topliss-reactive ketones (excluding diaryl/α,β-unsaturated/α-hetero) is 1. The Hall–Kier alpha value is -2.96. The minimum Gasteiger partial charge on any atom is -0.450 e. The summed E-state index contributed by atoms with van der Waals surface area (Å²) < 4.78 is 5.18. The highest BCUT2D eigenvalue weighted by Gasteiger charge is 2.26. The summed E-state index contributed by atoms with van der Waals surface area (Å²) in [6.45, 7) is 1.52. The molecule has 0 spiro atoms. The third-order valence-electron chi connectivity index (χ3n) is 3.65. The van der Waals surface area contributed by atoms with Gasteiger partial charge in [-0.05, 0) is 13.0 Å². The number of aromatic nitrogens is 1. The Labute approximate surface area is 131 Å². The lowest BCUT2D eigenvalue weighted by molar-refractivity contribution is -0.138. The van der Waals surface area contributed by atoms with Gasteiger partial charge in [0.15, 0.2) is 6.10 Å². The molecule has 2 aromatic rings. The van der Waals surface area contributed by atoms with E-state index >= 15 is 0 Å². The van der Waals surface area contributed by atoms with Gasteiger partial charge >= 0.3 is 5.97 Å². The molecule has 3 rings (SSSR count). The number of hydrogen-bond donors (Lipinski definition) is 2. The van der Waals surface area contributed by atoms with Crippen molar-refractivity contribution in [2.45, 2.75) is 25.9 Å². The Morgan fingerprint density at radius 3 is 2.78 bits per heavy atom. The molecule has 2 heterocycles. The fraction of sp³-hybridized carbons (Fsp3) is 0.250. The number of ether oxygens (including phenoxy) is 1. The standard InChI is InChI=1S/C16H15N3O4/c1-9(23-16(22)13-6-7-14(20)19-18-13)15(21)11-8-17-12-5-3-2-4-10(11)12/h2-5,8-9,17H,6-7H2,1H3,(H,19,20). The summed E-state index contributed by atoms with van der Waals surface area (Å²) in [5.41, 5.74) is 3.65. The minimum absolute atomic E-state index is 0.114. The number of esters is 1. The lowest BCUT2D eigenvalue weighted by atomic mass is 10.1. The van der Waals surface area contributed by atoms with E-state index in [4.69, 9.17) is 4.74 Å². The summed E-state index contributed by atoms with van der Waals surface area (Å²) in [5, 5.41) is 4.44. The van der Waals surface area contributed by atoms with Crippen molar-refractivity contribution in [3.05, 3.63) is 36.0 Å². The third-order valence-corrected chi connectivity index (χ3v) is 3.65. The Morgan fingerprint density at radius 1 is 1.26 bits per heavy atom. The van der Waals surface area contributed by atoms with Crippen molar-refractivity contribution in [3.8, 4) is 0 Å². The summed E-state index contributed by atoms with van der Waals surface area (Å²) in [5.74, 6) is -1.23. The number of fused-ring (bicyclic) bond motifs is 1. The molecule has 0 radical (unpaired) electrons. The minimum atomic E-state index is -0.943. The number of para-hydroxylation sites is 1. The molecule has 0 saturated carbocycles. The Morgan fingerprint density at radius 2 is 2.04 bits per heavy atom. The quantitative estimate of drug-likeness (QED) is 0.660. The summed E-state index contributed by atoms with van der Waals surface area (Å²) in [7, 11) is 0. The molecule has 1 aromatic heterocycles. The third kappa shape index (κ3) is 2.98. The largest absolute Gasteiger partial charge is 0.450 e. The number of carbonyl (C=O) groups is 3. The highest BCUT2D eigenvalue weighted by atomic mass is 16.5. The Kier molecular flexibility index (Phi) is 3.92. The highest BCUT2D eigenvalue weighted by Crippen LogP contribution is 2.20. The smallest absolute Gasteiger partial charge is 0.355 e. The van der Waals surface area contributed by atoms with Gasteiger partial charge < -0.3 is 9.72 Å². The molecule has 23 heavy (non-hydrogen) atoms. The van der Waals surface area contributed by atoms with Gasteiger partial charge in [-0.15, -0.1) is 0 Å². The maximum absolute atomic E-state index is 12.5. The van der Waals surface area contributed by atoms with E-state index in [0.717, 1.165) is 10.9 Å². The topological polar surface area (TPSA) is 101 Å². The first-order chi connectivity index (χ1) is 11.1. The average Bonchev–Trinajstić information content (AvgIpc) is 2.98. The first-order valence-electron chi connectivity index (χ1n) is 7.23. The number of carbonyl (C=O) groups excluding carboxylic acids is 3. The van der Waals surface area contributed by atoms with E-state index in [1.807, 2.05) is 24.3 Å². The highest BCUT2D eigenvalue weighted by molar-refractivity contribution is 6.37. The monoisotopic (exact) mass is 313 g/mol. The number of nitrogens with one attached hydrogen (secondary N) is 2. The number of ketones is 1. The Bertz CT molecular complexity index is 822. The zero-order valence-corrected chi connectivity index (χ0v) is 12.5. The van der Waals surface area contributed by atoms with Crippen LogP contribution in [0.5, 0.6) is 0 Å². The zero-order chi connectivity index (χ0) is 16.4. The molecule has 1 aliphatic rings. The molecule has 7 heteroatoms. The maximum Gasteiger partial charge on any atom is 0.355 e. The summed E-state index contributed by atoms with van der Waals surface area (Å²) in [4.78, 5) is 38.5. The number of H-pyrrole nitrogens is 1. The molecule has 1 unspecified atom stereocenters. The van der Waals surface area contributed by atoms with Gasteiger partial charge in [0.1, 0.15) is 5.71 Å². The van der Waals surface area contributed by atoms with E-state index in [9.17, 15) is 14.4 Å². The van der Waals surface area contributed by atoms with Crippen molar-refractivity contribution in [2.75, 3.05) is 0 Å². The second-order valence-electron chi connectivity index (χ2n) is 5.25. The first kappa shape index (κ1) is 15.0. The van der Waals surface area contributed by atoms with Crippen molar-refractivity contribution < 1.29 is 19.1 Å². The van der Waals surface area contributed by atoms with Crippen LogP contribution in [0.2, 0.25) is 0 Å². The van der Waals surface area contributed by atoms with Crippen LogP contribution in [0.4, 0.5) is 0 Å². The number of amides is 1. The van der Waals surface area contributed by atoms with Crippen LogP contribution in [0.15, 0.2) is 35.6 Å². The predicted octanol–water partition coefficient (Wildman–Crippen LogP) is 1.55.